The van der Waals surface area contributed by atoms with Crippen molar-refractivity contribution >= 4 is 5.57 Å². The fourth-order valence-corrected chi connectivity index (χ4v) is 9.02. The van der Waals surface area contributed by atoms with Crippen LogP contribution < -0.4 is 0 Å². The molecule has 0 N–H and O–H groups in total. The highest BCUT2D eigenvalue weighted by Crippen LogP contribution is 2.41. The third-order valence-corrected chi connectivity index (χ3v) is 12.9. The lowest BCUT2D eigenvalue weighted by Crippen LogP contribution is -2.25. The van der Waals surface area contributed by atoms with Crippen LogP contribution in [0.1, 0.15) is 36.1 Å². The first-order chi connectivity index (χ1) is 34.0. The number of hydrogen-bond donors (Lipinski definition) is 0. The van der Waals surface area contributed by atoms with Crippen LogP contribution in [-0.4, -0.2) is 19.9 Å². The molecular formula is C65H50N4. The molecule has 0 aliphatic heterocycles. The Morgan fingerprint density at radius 3 is 1.25 bits per heavy atom. The summed E-state index contributed by atoms with van der Waals surface area (Å²) < 4.78 is 0. The van der Waals surface area contributed by atoms with Crippen molar-refractivity contribution in [3.8, 4) is 78.9 Å². The molecule has 2 aromatic heterocycles. The Kier molecular flexibility index (Phi) is 12.7. The van der Waals surface area contributed by atoms with Crippen LogP contribution in [0.5, 0.6) is 0 Å². The van der Waals surface area contributed by atoms with Gasteiger partial charge in [-0.05, 0) is 77.1 Å². The largest absolute Gasteiger partial charge is 0.228 e. The van der Waals surface area contributed by atoms with Gasteiger partial charge in [-0.15, -0.1) is 0 Å². The lowest BCUT2D eigenvalue weighted by molar-refractivity contribution is 0.693. The summed E-state index contributed by atoms with van der Waals surface area (Å²) in [6, 6.07) is 80.8. The maximum absolute atomic E-state index is 5.17. The van der Waals surface area contributed by atoms with Crippen molar-refractivity contribution in [2.24, 2.45) is 0 Å². The first-order valence-corrected chi connectivity index (χ1v) is 23.4. The number of hydrogen-bond acceptors (Lipinski definition) is 4. The van der Waals surface area contributed by atoms with Crippen LogP contribution in [0.4, 0.5) is 0 Å². The standard InChI is InChI=1S/C65H50N4/c1-4-6-21-46(5-2)52-28-19-30-54(42-52)61-44-59(66-63(68-61)50-24-13-8-14-25-50)48-34-38-57(39-35-48)65(3,56-32-17-10-18-33-56)58-40-36-49(37-41-58)60-45-62(69-64(67-60)51-26-15-9-16-27-51)55-31-20-29-53(43-55)47-22-11-7-12-23-47/h4-45H,1H2,2-3H3/b21-6-,46-5+. The number of nitrogens with zero attached hydrogens (tertiary/aromatic N) is 4. The monoisotopic (exact) mass is 886 g/mol. The minimum atomic E-state index is -0.487. The number of rotatable bonds is 13. The minimum absolute atomic E-state index is 0.487. The molecule has 69 heavy (non-hydrogen) atoms. The van der Waals surface area contributed by atoms with Crippen LogP contribution in [0.25, 0.3) is 84.5 Å². The second-order valence-electron chi connectivity index (χ2n) is 17.2. The number of benzene rings is 8. The molecule has 0 saturated heterocycles. The molecule has 330 valence electrons. The van der Waals surface area contributed by atoms with Gasteiger partial charge in [-0.2, -0.15) is 0 Å². The average molecular weight is 887 g/mol. The van der Waals surface area contributed by atoms with E-state index in [0.717, 1.165) is 89.5 Å². The topological polar surface area (TPSA) is 51.6 Å². The highest BCUT2D eigenvalue weighted by molar-refractivity contribution is 5.80. The molecule has 0 aliphatic rings. The molecule has 1 unspecified atom stereocenters. The van der Waals surface area contributed by atoms with Crippen LogP contribution >= 0.6 is 0 Å². The Bertz CT molecular complexity index is 3430. The van der Waals surface area contributed by atoms with Crippen molar-refractivity contribution in [3.63, 3.8) is 0 Å². The van der Waals surface area contributed by atoms with Crippen LogP contribution in [-0.2, 0) is 5.41 Å². The number of aromatic nitrogens is 4. The highest BCUT2D eigenvalue weighted by Gasteiger charge is 2.31. The lowest BCUT2D eigenvalue weighted by atomic mass is 9.71. The van der Waals surface area contributed by atoms with Crippen molar-refractivity contribution in [3.05, 3.63) is 284 Å². The van der Waals surface area contributed by atoms with E-state index in [2.05, 4.69) is 221 Å². The molecule has 0 radical (unpaired) electrons. The molecule has 0 amide bonds. The molecule has 1 atom stereocenters. The molecule has 4 heteroatoms. The summed E-state index contributed by atoms with van der Waals surface area (Å²) in [5.74, 6) is 1.36. The highest BCUT2D eigenvalue weighted by atomic mass is 14.9. The molecular weight excluding hydrogens is 837 g/mol. The van der Waals surface area contributed by atoms with Gasteiger partial charge in [0.15, 0.2) is 11.6 Å². The van der Waals surface area contributed by atoms with Crippen molar-refractivity contribution in [2.75, 3.05) is 0 Å². The van der Waals surface area contributed by atoms with Gasteiger partial charge in [0.1, 0.15) is 0 Å². The van der Waals surface area contributed by atoms with Crippen molar-refractivity contribution in [1.29, 1.82) is 0 Å². The Labute approximate surface area is 405 Å². The molecule has 0 bridgehead atoms. The van der Waals surface area contributed by atoms with Gasteiger partial charge < -0.3 is 0 Å². The third-order valence-electron chi connectivity index (χ3n) is 12.9. The summed E-state index contributed by atoms with van der Waals surface area (Å²) in [5, 5.41) is 0. The fourth-order valence-electron chi connectivity index (χ4n) is 9.02. The fraction of sp³-hybridized carbons (Fsp3) is 0.0462. The minimum Gasteiger partial charge on any atom is -0.228 e. The molecule has 8 aromatic carbocycles. The van der Waals surface area contributed by atoms with E-state index in [-0.39, 0.29) is 0 Å². The van der Waals surface area contributed by atoms with E-state index < -0.39 is 5.41 Å². The van der Waals surface area contributed by atoms with Crippen molar-refractivity contribution < 1.29 is 0 Å². The summed E-state index contributed by atoms with van der Waals surface area (Å²) in [6.45, 7) is 8.23. The predicted molar refractivity (Wildman–Crippen MR) is 287 cm³/mol. The molecule has 2 heterocycles. The predicted octanol–water partition coefficient (Wildman–Crippen LogP) is 16.4. The third kappa shape index (κ3) is 9.42. The summed E-state index contributed by atoms with van der Waals surface area (Å²) >= 11 is 0. The molecule has 10 aromatic rings. The summed E-state index contributed by atoms with van der Waals surface area (Å²) in [4.78, 5) is 20.6. The van der Waals surface area contributed by atoms with Crippen molar-refractivity contribution in [1.82, 2.24) is 19.9 Å². The Balaban J connectivity index is 1.02. The zero-order valence-corrected chi connectivity index (χ0v) is 38.7. The van der Waals surface area contributed by atoms with Gasteiger partial charge in [0.25, 0.3) is 0 Å². The summed E-state index contributed by atoms with van der Waals surface area (Å²) in [5.41, 5.74) is 17.0. The lowest BCUT2D eigenvalue weighted by Gasteiger charge is -2.32. The smallest absolute Gasteiger partial charge is 0.160 e. The van der Waals surface area contributed by atoms with Gasteiger partial charge in [-0.3, -0.25) is 0 Å². The van der Waals surface area contributed by atoms with E-state index in [0.29, 0.717) is 11.6 Å². The molecule has 4 nitrogen and oxygen atoms in total. The Morgan fingerprint density at radius 2 is 0.768 bits per heavy atom. The molecule has 0 spiro atoms. The van der Waals surface area contributed by atoms with E-state index in [1.807, 2.05) is 48.5 Å². The molecule has 0 aliphatic carbocycles. The molecule has 0 fully saturated rings. The van der Waals surface area contributed by atoms with Gasteiger partial charge in [-0.1, -0.05) is 237 Å². The Hall–Kier alpha value is -8.86. The zero-order chi connectivity index (χ0) is 47.0. The van der Waals surface area contributed by atoms with Gasteiger partial charge in [0.05, 0.1) is 22.8 Å². The zero-order valence-electron chi connectivity index (χ0n) is 38.7. The second-order valence-corrected chi connectivity index (χ2v) is 17.2. The van der Waals surface area contributed by atoms with Crippen molar-refractivity contribution in [2.45, 2.75) is 19.3 Å². The van der Waals surface area contributed by atoms with E-state index in [1.165, 1.54) is 5.56 Å². The van der Waals surface area contributed by atoms with E-state index >= 15 is 0 Å². The first-order valence-electron chi connectivity index (χ1n) is 23.4. The van der Waals surface area contributed by atoms with Crippen LogP contribution in [0.3, 0.4) is 0 Å². The summed E-state index contributed by atoms with van der Waals surface area (Å²) in [7, 11) is 0. The van der Waals surface area contributed by atoms with Crippen LogP contribution in [0.2, 0.25) is 0 Å². The van der Waals surface area contributed by atoms with Gasteiger partial charge in [-0.25, -0.2) is 19.9 Å². The van der Waals surface area contributed by atoms with E-state index in [1.54, 1.807) is 6.08 Å². The maximum atomic E-state index is 5.17. The first kappa shape index (κ1) is 44.0. The van der Waals surface area contributed by atoms with Gasteiger partial charge in [0, 0.05) is 38.8 Å². The molecule has 0 saturated carbocycles. The second kappa shape index (κ2) is 19.9. The number of allylic oxidation sites excluding steroid dienone is 5. The van der Waals surface area contributed by atoms with Crippen LogP contribution in [0, 0.1) is 0 Å². The van der Waals surface area contributed by atoms with Gasteiger partial charge >= 0.3 is 0 Å². The maximum Gasteiger partial charge on any atom is 0.160 e. The van der Waals surface area contributed by atoms with E-state index in [9.17, 15) is 0 Å². The van der Waals surface area contributed by atoms with Gasteiger partial charge in [0.2, 0.25) is 0 Å². The van der Waals surface area contributed by atoms with E-state index in [4.69, 9.17) is 19.9 Å². The summed E-state index contributed by atoms with van der Waals surface area (Å²) in [6.07, 6.45) is 7.95. The molecule has 10 rings (SSSR count). The van der Waals surface area contributed by atoms with Crippen LogP contribution in [0.15, 0.2) is 261 Å². The SMILES string of the molecule is C=C/C=C\C(=C/C)c1cccc(-c2cc(-c3ccc(C(C)(c4ccccc4)c4ccc(-c5cc(-c6cccc(-c7ccccc7)c6)nc(-c6ccccc6)n5)cc4)cc3)nc(-c3ccccc3)n2)c1. The average Bonchev–Trinajstić information content (AvgIpc) is 3.44. The quantitative estimate of drug-likeness (QED) is 0.0855. The Morgan fingerprint density at radius 1 is 0.377 bits per heavy atom. The normalized spacial score (nSPS) is 12.4.